The number of benzene rings is 1. The van der Waals surface area contributed by atoms with Crippen molar-refractivity contribution in [1.29, 1.82) is 5.41 Å². The van der Waals surface area contributed by atoms with E-state index in [1.54, 1.807) is 18.6 Å². The van der Waals surface area contributed by atoms with Gasteiger partial charge in [-0.15, -0.1) is 0 Å². The quantitative estimate of drug-likeness (QED) is 0.198. The number of fused-ring (bicyclic) bond motifs is 1. The summed E-state index contributed by atoms with van der Waals surface area (Å²) < 4.78 is 13.4. The van der Waals surface area contributed by atoms with E-state index in [2.05, 4.69) is 30.2 Å². The van der Waals surface area contributed by atoms with Crippen LogP contribution in [0.5, 0.6) is 0 Å². The number of pyridine rings is 1. The number of hydrogen-bond acceptors (Lipinski definition) is 6. The molecule has 0 amide bonds. The monoisotopic (exact) mass is 400 g/mol. The molecule has 0 aliphatic rings. The zero-order chi connectivity index (χ0) is 19.7. The third kappa shape index (κ3) is 3.38. The molecule has 0 radical (unpaired) electrons. The number of rotatable bonds is 5. The zero-order valence-electron chi connectivity index (χ0n) is 14.2. The van der Waals surface area contributed by atoms with E-state index in [-0.39, 0.29) is 16.5 Å². The third-order valence-corrected chi connectivity index (χ3v) is 4.30. The highest BCUT2D eigenvalue weighted by molar-refractivity contribution is 6.31. The number of H-pyrrole nitrogens is 2. The second kappa shape index (κ2) is 7.25. The molecule has 9 nitrogen and oxygen atoms in total. The first-order valence-corrected chi connectivity index (χ1v) is 8.49. The standard InChI is InChI=1S/C17H14ClFN8O/c18-12-5-10(1-2-13(12)19)27(28)15(20)11-3-4-22-16-14(11)25-17(26-16)23-7-9-6-21-8-24-9/h1-6,8,20,28H,7H2,(H,21,24)(H2,22,23,25,26). The van der Waals surface area contributed by atoms with Crippen LogP contribution in [0.15, 0.2) is 43.0 Å². The normalized spacial score (nSPS) is 11.0. The molecule has 3 aromatic heterocycles. The first kappa shape index (κ1) is 17.9. The van der Waals surface area contributed by atoms with Crippen molar-refractivity contribution in [3.8, 4) is 0 Å². The number of hydroxylamine groups is 1. The van der Waals surface area contributed by atoms with Gasteiger partial charge in [0.2, 0.25) is 5.95 Å². The minimum Gasteiger partial charge on any atom is -0.350 e. The molecule has 3 heterocycles. The Labute approximate surface area is 162 Å². The van der Waals surface area contributed by atoms with Crippen molar-refractivity contribution in [2.45, 2.75) is 6.54 Å². The van der Waals surface area contributed by atoms with Crippen molar-refractivity contribution in [2.75, 3.05) is 10.4 Å². The summed E-state index contributed by atoms with van der Waals surface area (Å²) in [6, 6.07) is 5.23. The predicted octanol–water partition coefficient (Wildman–Crippen LogP) is 3.31. The highest BCUT2D eigenvalue weighted by atomic mass is 35.5. The Balaban J connectivity index is 1.62. The van der Waals surface area contributed by atoms with Crippen molar-refractivity contribution in [1.82, 2.24) is 24.9 Å². The number of hydrogen-bond donors (Lipinski definition) is 5. The van der Waals surface area contributed by atoms with Crippen molar-refractivity contribution in [3.05, 3.63) is 65.1 Å². The molecular weight excluding hydrogens is 387 g/mol. The molecule has 11 heteroatoms. The lowest BCUT2D eigenvalue weighted by molar-refractivity contribution is 0.312. The van der Waals surface area contributed by atoms with Crippen LogP contribution in [0.1, 0.15) is 11.3 Å². The number of nitrogens with one attached hydrogen (secondary N) is 4. The van der Waals surface area contributed by atoms with Crippen LogP contribution in [0.25, 0.3) is 11.2 Å². The molecule has 0 aliphatic carbocycles. The summed E-state index contributed by atoms with van der Waals surface area (Å²) in [6.45, 7) is 0.465. The van der Waals surface area contributed by atoms with Gasteiger partial charge in [0, 0.05) is 18.0 Å². The lowest BCUT2D eigenvalue weighted by atomic mass is 10.2. The van der Waals surface area contributed by atoms with E-state index in [0.29, 0.717) is 34.3 Å². The Morgan fingerprint density at radius 3 is 2.96 bits per heavy atom. The molecule has 4 aromatic rings. The van der Waals surface area contributed by atoms with E-state index in [9.17, 15) is 9.60 Å². The van der Waals surface area contributed by atoms with Gasteiger partial charge in [0.05, 0.1) is 34.8 Å². The largest absolute Gasteiger partial charge is 0.350 e. The molecular formula is C17H14ClFN8O. The third-order valence-electron chi connectivity index (χ3n) is 4.01. The lowest BCUT2D eigenvalue weighted by Gasteiger charge is -2.18. The molecule has 0 saturated carbocycles. The highest BCUT2D eigenvalue weighted by Gasteiger charge is 2.18. The topological polar surface area (TPSA) is 130 Å². The van der Waals surface area contributed by atoms with E-state index >= 15 is 0 Å². The van der Waals surface area contributed by atoms with Crippen molar-refractivity contribution in [3.63, 3.8) is 0 Å². The summed E-state index contributed by atoms with van der Waals surface area (Å²) in [7, 11) is 0. The van der Waals surface area contributed by atoms with Gasteiger partial charge in [-0.1, -0.05) is 11.6 Å². The smallest absolute Gasteiger partial charge is 0.203 e. The van der Waals surface area contributed by atoms with E-state index in [1.165, 1.54) is 18.3 Å². The second-order valence-electron chi connectivity index (χ2n) is 5.83. The molecule has 0 saturated heterocycles. The number of nitrogens with zero attached hydrogens (tertiary/aromatic N) is 4. The van der Waals surface area contributed by atoms with Crippen LogP contribution in [0.4, 0.5) is 16.0 Å². The molecule has 5 N–H and O–H groups in total. The minimum absolute atomic E-state index is 0.151. The van der Waals surface area contributed by atoms with Crippen molar-refractivity contribution < 1.29 is 9.60 Å². The number of imidazole rings is 2. The van der Waals surface area contributed by atoms with Gasteiger partial charge in [-0.05, 0) is 24.3 Å². The fourth-order valence-electron chi connectivity index (χ4n) is 2.61. The maximum absolute atomic E-state index is 13.4. The van der Waals surface area contributed by atoms with Crippen LogP contribution in [0, 0.1) is 11.2 Å². The van der Waals surface area contributed by atoms with Gasteiger partial charge in [0.15, 0.2) is 11.5 Å². The average Bonchev–Trinajstić information content (AvgIpc) is 3.36. The Hall–Kier alpha value is -3.50. The Bertz CT molecular complexity index is 1140. The second-order valence-corrected chi connectivity index (χ2v) is 6.24. The van der Waals surface area contributed by atoms with Gasteiger partial charge in [0.1, 0.15) is 5.82 Å². The van der Waals surface area contributed by atoms with Crippen LogP contribution >= 0.6 is 11.6 Å². The van der Waals surface area contributed by atoms with E-state index < -0.39 is 5.82 Å². The molecule has 0 aliphatic heterocycles. The van der Waals surface area contributed by atoms with Crippen molar-refractivity contribution in [2.24, 2.45) is 0 Å². The fraction of sp³-hybridized carbons (Fsp3) is 0.0588. The first-order chi connectivity index (χ1) is 13.5. The number of aromatic nitrogens is 5. The number of aromatic amines is 2. The Morgan fingerprint density at radius 1 is 1.36 bits per heavy atom. The summed E-state index contributed by atoms with van der Waals surface area (Å²) in [5, 5.41) is 22.3. The van der Waals surface area contributed by atoms with Crippen LogP contribution in [0.3, 0.4) is 0 Å². The summed E-state index contributed by atoms with van der Waals surface area (Å²) >= 11 is 5.76. The maximum Gasteiger partial charge on any atom is 0.203 e. The van der Waals surface area contributed by atoms with Crippen LogP contribution in [-0.4, -0.2) is 36.0 Å². The molecule has 0 bridgehead atoms. The van der Waals surface area contributed by atoms with Gasteiger partial charge in [-0.3, -0.25) is 10.6 Å². The Morgan fingerprint density at radius 2 is 2.21 bits per heavy atom. The SMILES string of the molecule is N=C(c1ccnc2nc(NCc3cnc[nH]3)[nH]c12)N(O)c1ccc(F)c(Cl)c1. The fourth-order valence-corrected chi connectivity index (χ4v) is 2.79. The van der Waals surface area contributed by atoms with Crippen molar-refractivity contribution >= 4 is 40.2 Å². The zero-order valence-corrected chi connectivity index (χ0v) is 15.0. The van der Waals surface area contributed by atoms with Gasteiger partial charge in [-0.25, -0.2) is 19.4 Å². The lowest BCUT2D eigenvalue weighted by Crippen LogP contribution is -2.27. The molecule has 0 atom stereocenters. The minimum atomic E-state index is -0.613. The van der Waals surface area contributed by atoms with Gasteiger partial charge in [-0.2, -0.15) is 4.98 Å². The summed E-state index contributed by atoms with van der Waals surface area (Å²) in [6.07, 6.45) is 4.75. The number of halogens is 2. The molecule has 142 valence electrons. The molecule has 1 aromatic carbocycles. The van der Waals surface area contributed by atoms with Gasteiger partial charge in [0.25, 0.3) is 0 Å². The first-order valence-electron chi connectivity index (χ1n) is 8.12. The Kier molecular flexibility index (Phi) is 4.63. The molecule has 0 fully saturated rings. The number of amidine groups is 1. The van der Waals surface area contributed by atoms with E-state index in [1.807, 2.05) is 0 Å². The van der Waals surface area contributed by atoms with Crippen LogP contribution in [0.2, 0.25) is 5.02 Å². The molecule has 4 rings (SSSR count). The molecule has 28 heavy (non-hydrogen) atoms. The average molecular weight is 401 g/mol. The van der Waals surface area contributed by atoms with E-state index in [0.717, 1.165) is 11.8 Å². The summed E-state index contributed by atoms with van der Waals surface area (Å²) in [5.74, 6) is -0.413. The van der Waals surface area contributed by atoms with E-state index in [4.69, 9.17) is 17.0 Å². The number of anilines is 2. The van der Waals surface area contributed by atoms with Crippen LogP contribution in [-0.2, 0) is 6.54 Å². The van der Waals surface area contributed by atoms with Gasteiger partial charge >= 0.3 is 0 Å². The molecule has 0 unspecified atom stereocenters. The van der Waals surface area contributed by atoms with Gasteiger partial charge < -0.3 is 15.3 Å². The summed E-state index contributed by atoms with van der Waals surface area (Å²) in [4.78, 5) is 18.5. The van der Waals surface area contributed by atoms with Crippen LogP contribution < -0.4 is 10.4 Å². The molecule has 0 spiro atoms. The predicted molar refractivity (Wildman–Crippen MR) is 102 cm³/mol. The maximum atomic E-state index is 13.4. The summed E-state index contributed by atoms with van der Waals surface area (Å²) in [5.41, 5.74) is 2.22. The highest BCUT2D eigenvalue weighted by Crippen LogP contribution is 2.24.